The summed E-state index contributed by atoms with van der Waals surface area (Å²) in [7, 11) is 0. The predicted octanol–water partition coefficient (Wildman–Crippen LogP) is 6.06. The molecule has 2 amide bonds. The fraction of sp³-hybridized carbons (Fsp3) is 0.417. The average molecular weight is 482 g/mol. The quantitative estimate of drug-likeness (QED) is 0.498. The Balaban J connectivity index is 1.82. The van der Waals surface area contributed by atoms with Crippen molar-refractivity contribution in [1.29, 1.82) is 0 Å². The molecule has 1 aliphatic carbocycles. The fourth-order valence-corrected chi connectivity index (χ4v) is 4.45. The van der Waals surface area contributed by atoms with E-state index in [0.29, 0.717) is 28.0 Å². The number of rotatable bonds is 8. The van der Waals surface area contributed by atoms with Crippen LogP contribution >= 0.6 is 34.8 Å². The summed E-state index contributed by atoms with van der Waals surface area (Å²) in [6.07, 6.45) is 4.92. The molecule has 0 saturated heterocycles. The number of benzene rings is 2. The second-order valence-electron chi connectivity index (χ2n) is 7.99. The van der Waals surface area contributed by atoms with Crippen LogP contribution < -0.4 is 5.32 Å². The van der Waals surface area contributed by atoms with Gasteiger partial charge in [-0.3, -0.25) is 9.59 Å². The number of nitrogens with one attached hydrogen (secondary N) is 1. The molecule has 1 aliphatic rings. The van der Waals surface area contributed by atoms with E-state index >= 15 is 0 Å². The van der Waals surface area contributed by atoms with Gasteiger partial charge in [0.15, 0.2) is 0 Å². The summed E-state index contributed by atoms with van der Waals surface area (Å²) in [4.78, 5) is 28.1. The zero-order chi connectivity index (χ0) is 22.4. The SMILES string of the molecule is CC[C@@H](C(=O)NC1CCCC1)N(Cc1ccc(Cl)cc1)C(=O)Cc1ccc(Cl)c(Cl)c1. The molecule has 1 atom stereocenters. The Kier molecular flexibility index (Phi) is 8.65. The highest BCUT2D eigenvalue weighted by molar-refractivity contribution is 6.42. The van der Waals surface area contributed by atoms with Gasteiger partial charge in [-0.2, -0.15) is 0 Å². The van der Waals surface area contributed by atoms with E-state index in [4.69, 9.17) is 34.8 Å². The van der Waals surface area contributed by atoms with Crippen molar-refractivity contribution in [2.75, 3.05) is 0 Å². The van der Waals surface area contributed by atoms with Gasteiger partial charge in [-0.25, -0.2) is 0 Å². The van der Waals surface area contributed by atoms with Gasteiger partial charge in [0.2, 0.25) is 11.8 Å². The first-order valence-electron chi connectivity index (χ1n) is 10.7. The smallest absolute Gasteiger partial charge is 0.243 e. The lowest BCUT2D eigenvalue weighted by Crippen LogP contribution is -2.51. The highest BCUT2D eigenvalue weighted by Crippen LogP contribution is 2.24. The van der Waals surface area contributed by atoms with Gasteiger partial charge in [-0.1, -0.05) is 72.8 Å². The average Bonchev–Trinajstić information content (AvgIpc) is 3.25. The third kappa shape index (κ3) is 6.61. The van der Waals surface area contributed by atoms with Crippen molar-refractivity contribution < 1.29 is 9.59 Å². The zero-order valence-corrected chi connectivity index (χ0v) is 19.8. The molecule has 4 nitrogen and oxygen atoms in total. The molecule has 7 heteroatoms. The Morgan fingerprint density at radius 1 is 1.00 bits per heavy atom. The van der Waals surface area contributed by atoms with Gasteiger partial charge in [-0.15, -0.1) is 0 Å². The molecule has 0 radical (unpaired) electrons. The van der Waals surface area contributed by atoms with E-state index < -0.39 is 6.04 Å². The van der Waals surface area contributed by atoms with Gasteiger partial charge in [0, 0.05) is 17.6 Å². The Labute approximate surface area is 198 Å². The van der Waals surface area contributed by atoms with E-state index in [2.05, 4.69) is 5.32 Å². The molecule has 3 rings (SSSR count). The van der Waals surface area contributed by atoms with E-state index in [-0.39, 0.29) is 24.3 Å². The van der Waals surface area contributed by atoms with Crippen molar-refractivity contribution in [1.82, 2.24) is 10.2 Å². The second kappa shape index (κ2) is 11.2. The Hall–Kier alpha value is -1.75. The Bertz CT molecular complexity index is 912. The minimum absolute atomic E-state index is 0.0918. The van der Waals surface area contributed by atoms with Crippen LogP contribution in [0.15, 0.2) is 42.5 Å². The lowest BCUT2D eigenvalue weighted by Gasteiger charge is -2.31. The number of hydrogen-bond donors (Lipinski definition) is 1. The van der Waals surface area contributed by atoms with Crippen LogP contribution in [0.4, 0.5) is 0 Å². The number of nitrogens with zero attached hydrogens (tertiary/aromatic N) is 1. The van der Waals surface area contributed by atoms with Crippen molar-refractivity contribution in [3.05, 3.63) is 68.7 Å². The number of carbonyl (C=O) groups is 2. The third-order valence-corrected chi connectivity index (χ3v) is 6.68. The molecule has 0 aromatic heterocycles. The molecular weight excluding hydrogens is 455 g/mol. The minimum atomic E-state index is -0.549. The standard InChI is InChI=1S/C24H27Cl3N2O2/c1-2-22(24(31)28-19-5-3-4-6-19)29(15-16-7-10-18(25)11-8-16)23(30)14-17-9-12-20(26)21(27)13-17/h7-13,19,22H,2-6,14-15H2,1H3,(H,28,31)/t22-/m0/s1. The molecule has 2 aromatic carbocycles. The minimum Gasteiger partial charge on any atom is -0.352 e. The van der Waals surface area contributed by atoms with Gasteiger partial charge in [0.25, 0.3) is 0 Å². The number of halogens is 3. The first-order chi connectivity index (χ1) is 14.9. The Morgan fingerprint density at radius 3 is 2.26 bits per heavy atom. The maximum absolute atomic E-state index is 13.4. The van der Waals surface area contributed by atoms with Crippen LogP contribution in [0, 0.1) is 0 Å². The molecule has 0 unspecified atom stereocenters. The van der Waals surface area contributed by atoms with Gasteiger partial charge in [0.05, 0.1) is 16.5 Å². The van der Waals surface area contributed by atoms with E-state index in [1.54, 1.807) is 35.2 Å². The topological polar surface area (TPSA) is 49.4 Å². The van der Waals surface area contributed by atoms with Crippen molar-refractivity contribution in [3.8, 4) is 0 Å². The van der Waals surface area contributed by atoms with Crippen LogP contribution in [0.2, 0.25) is 15.1 Å². The molecule has 31 heavy (non-hydrogen) atoms. The van der Waals surface area contributed by atoms with Crippen molar-refractivity contribution in [2.24, 2.45) is 0 Å². The van der Waals surface area contributed by atoms with Gasteiger partial charge < -0.3 is 10.2 Å². The molecule has 2 aromatic rings. The van der Waals surface area contributed by atoms with E-state index in [9.17, 15) is 9.59 Å². The number of carbonyl (C=O) groups excluding carboxylic acids is 2. The van der Waals surface area contributed by atoms with Crippen LogP contribution in [0.25, 0.3) is 0 Å². The van der Waals surface area contributed by atoms with Crippen LogP contribution in [-0.2, 0) is 22.6 Å². The molecule has 1 fully saturated rings. The lowest BCUT2D eigenvalue weighted by atomic mass is 10.1. The predicted molar refractivity (Wildman–Crippen MR) is 127 cm³/mol. The van der Waals surface area contributed by atoms with Crippen molar-refractivity contribution >= 4 is 46.6 Å². The zero-order valence-electron chi connectivity index (χ0n) is 17.5. The molecule has 1 N–H and O–H groups in total. The Morgan fingerprint density at radius 2 is 1.65 bits per heavy atom. The molecule has 1 saturated carbocycles. The summed E-state index contributed by atoms with van der Waals surface area (Å²) in [5, 5.41) is 4.62. The molecule has 0 spiro atoms. The largest absolute Gasteiger partial charge is 0.352 e. The monoisotopic (exact) mass is 480 g/mol. The highest BCUT2D eigenvalue weighted by Gasteiger charge is 2.30. The normalized spacial score (nSPS) is 15.0. The molecule has 0 heterocycles. The summed E-state index contributed by atoms with van der Waals surface area (Å²) in [5.74, 6) is -0.229. The van der Waals surface area contributed by atoms with Crippen molar-refractivity contribution in [2.45, 2.75) is 64.1 Å². The summed E-state index contributed by atoms with van der Waals surface area (Å²) in [5.41, 5.74) is 1.67. The maximum Gasteiger partial charge on any atom is 0.243 e. The van der Waals surface area contributed by atoms with Gasteiger partial charge >= 0.3 is 0 Å². The molecular formula is C24H27Cl3N2O2. The maximum atomic E-state index is 13.4. The number of hydrogen-bond acceptors (Lipinski definition) is 2. The third-order valence-electron chi connectivity index (χ3n) is 5.69. The first kappa shape index (κ1) is 23.9. The lowest BCUT2D eigenvalue weighted by molar-refractivity contribution is -0.141. The summed E-state index contributed by atoms with van der Waals surface area (Å²) < 4.78 is 0. The summed E-state index contributed by atoms with van der Waals surface area (Å²) >= 11 is 18.1. The van der Waals surface area contributed by atoms with Gasteiger partial charge in [-0.05, 0) is 54.7 Å². The van der Waals surface area contributed by atoms with Gasteiger partial charge in [0.1, 0.15) is 6.04 Å². The molecule has 0 aliphatic heterocycles. The summed E-state index contributed by atoms with van der Waals surface area (Å²) in [6, 6.07) is 12.1. The van der Waals surface area contributed by atoms with Crippen LogP contribution in [0.1, 0.15) is 50.2 Å². The molecule has 166 valence electrons. The summed E-state index contributed by atoms with van der Waals surface area (Å²) in [6.45, 7) is 2.26. The van der Waals surface area contributed by atoms with E-state index in [0.717, 1.165) is 36.8 Å². The van der Waals surface area contributed by atoms with E-state index in [1.807, 2.05) is 19.1 Å². The highest BCUT2D eigenvalue weighted by atomic mass is 35.5. The first-order valence-corrected chi connectivity index (χ1v) is 11.8. The number of amides is 2. The van der Waals surface area contributed by atoms with Crippen LogP contribution in [-0.4, -0.2) is 28.8 Å². The second-order valence-corrected chi connectivity index (χ2v) is 9.24. The van der Waals surface area contributed by atoms with Crippen LogP contribution in [0.3, 0.4) is 0 Å². The van der Waals surface area contributed by atoms with E-state index in [1.165, 1.54) is 0 Å². The van der Waals surface area contributed by atoms with Crippen molar-refractivity contribution in [3.63, 3.8) is 0 Å². The fourth-order valence-electron chi connectivity index (χ4n) is 4.00. The van der Waals surface area contributed by atoms with Crippen LogP contribution in [0.5, 0.6) is 0 Å². The molecule has 0 bridgehead atoms.